The van der Waals surface area contributed by atoms with Crippen LogP contribution in [0.25, 0.3) is 0 Å². The maximum Gasteiger partial charge on any atom is 0.271 e. The summed E-state index contributed by atoms with van der Waals surface area (Å²) in [5, 5.41) is 4.99. The Morgan fingerprint density at radius 3 is 2.74 bits per heavy atom. The van der Waals surface area contributed by atoms with E-state index in [1.165, 1.54) is 16.9 Å². The first-order valence-corrected chi connectivity index (χ1v) is 8.92. The second kappa shape index (κ2) is 8.70. The van der Waals surface area contributed by atoms with Crippen LogP contribution in [0.5, 0.6) is 0 Å². The van der Waals surface area contributed by atoms with Crippen LogP contribution in [-0.2, 0) is 6.42 Å². The smallest absolute Gasteiger partial charge is 0.271 e. The van der Waals surface area contributed by atoms with Gasteiger partial charge in [-0.15, -0.1) is 17.9 Å². The molecule has 0 saturated heterocycles. The Morgan fingerprint density at radius 1 is 1.43 bits per heavy atom. The van der Waals surface area contributed by atoms with Crippen molar-refractivity contribution in [3.63, 3.8) is 0 Å². The molecule has 5 heteroatoms. The number of hydrogen-bond donors (Lipinski definition) is 1. The van der Waals surface area contributed by atoms with Crippen LogP contribution >= 0.6 is 23.6 Å². The fourth-order valence-electron chi connectivity index (χ4n) is 2.31. The van der Waals surface area contributed by atoms with Crippen molar-refractivity contribution in [2.24, 2.45) is 0 Å². The van der Waals surface area contributed by atoms with Gasteiger partial charge in [0.1, 0.15) is 0 Å². The van der Waals surface area contributed by atoms with E-state index in [9.17, 15) is 4.79 Å². The zero-order valence-corrected chi connectivity index (χ0v) is 14.8. The highest BCUT2D eigenvalue weighted by Crippen LogP contribution is 2.16. The van der Waals surface area contributed by atoms with Gasteiger partial charge in [-0.3, -0.25) is 4.79 Å². The highest BCUT2D eigenvalue weighted by molar-refractivity contribution is 7.80. The zero-order valence-electron chi connectivity index (χ0n) is 13.2. The van der Waals surface area contributed by atoms with Gasteiger partial charge in [0, 0.05) is 18.7 Å². The summed E-state index contributed by atoms with van der Waals surface area (Å²) in [6, 6.07) is 7.29. The van der Waals surface area contributed by atoms with Crippen LogP contribution < -0.4 is 9.88 Å². The summed E-state index contributed by atoms with van der Waals surface area (Å²) < 4.78 is 1.87. The predicted octanol–water partition coefficient (Wildman–Crippen LogP) is 3.52. The molecule has 0 unspecified atom stereocenters. The molecule has 0 amide bonds. The van der Waals surface area contributed by atoms with E-state index in [1.54, 1.807) is 6.08 Å². The molecular weight excluding hydrogens is 324 g/mol. The minimum atomic E-state index is -0.528. The summed E-state index contributed by atoms with van der Waals surface area (Å²) in [5.41, 5.74) is 1.26. The molecule has 3 nitrogen and oxygen atoms in total. The average molecular weight is 346 g/mol. The van der Waals surface area contributed by atoms with Gasteiger partial charge in [0.15, 0.2) is 17.4 Å². The van der Waals surface area contributed by atoms with Crippen LogP contribution in [-0.4, -0.2) is 17.3 Å². The fourth-order valence-corrected chi connectivity index (χ4v) is 3.31. The molecule has 2 aromatic rings. The fraction of sp³-hybridized carbons (Fsp3) is 0.278. The molecule has 0 bridgehead atoms. The van der Waals surface area contributed by atoms with Crippen molar-refractivity contribution < 1.29 is 9.36 Å². The Bertz CT molecular complexity index is 663. The molecule has 0 aliphatic heterocycles. The van der Waals surface area contributed by atoms with Gasteiger partial charge in [0.2, 0.25) is 5.78 Å². The number of Topliss-reactive ketones (excluding diaryl/α,β-unsaturated/α-hetero) is 1. The third-order valence-corrected chi connectivity index (χ3v) is 4.69. The van der Waals surface area contributed by atoms with Gasteiger partial charge in [-0.05, 0) is 23.4 Å². The lowest BCUT2D eigenvalue weighted by Crippen LogP contribution is -2.51. The normalized spacial score (nSPS) is 11.7. The molecule has 0 fully saturated rings. The summed E-state index contributed by atoms with van der Waals surface area (Å²) in [5.74, 6) is 0.00908. The van der Waals surface area contributed by atoms with E-state index in [2.05, 4.69) is 18.8 Å². The van der Waals surface area contributed by atoms with E-state index in [1.807, 2.05) is 46.6 Å². The molecule has 0 radical (unpaired) electrons. The summed E-state index contributed by atoms with van der Waals surface area (Å²) in [6.07, 6.45) is 7.73. The lowest BCUT2D eigenvalue weighted by molar-refractivity contribution is -0.692. The quantitative estimate of drug-likeness (QED) is 0.344. The van der Waals surface area contributed by atoms with Crippen LogP contribution in [0.15, 0.2) is 54.7 Å². The number of nitrogens with one attached hydrogen (secondary N) is 1. The van der Waals surface area contributed by atoms with Crippen molar-refractivity contribution in [1.82, 2.24) is 5.32 Å². The third kappa shape index (κ3) is 4.56. The predicted molar refractivity (Wildman–Crippen MR) is 99.1 cm³/mol. The average Bonchev–Trinajstić information content (AvgIpc) is 3.09. The number of carbonyl (C=O) groups excluding carboxylic acids is 1. The second-order valence-electron chi connectivity index (χ2n) is 5.18. The highest BCUT2D eigenvalue weighted by Gasteiger charge is 2.33. The minimum absolute atomic E-state index is 0.00908. The lowest BCUT2D eigenvalue weighted by atomic mass is 10.1. The molecule has 2 heterocycles. The molecule has 0 saturated carbocycles. The molecule has 0 spiro atoms. The molecule has 0 aromatic carbocycles. The standard InChI is InChI=1S/C18H20N2OS2/c1-3-6-14-8-11-20(12-9-14)16(18(22)19-10-4-2)17(21)15-7-5-13-23-15/h4-5,7-9,11-13,16H,2-3,6,10H2,1H3/p+1/t16-/m1/s1. The van der Waals surface area contributed by atoms with Crippen molar-refractivity contribution in [2.45, 2.75) is 25.8 Å². The van der Waals surface area contributed by atoms with Gasteiger partial charge >= 0.3 is 0 Å². The molecule has 120 valence electrons. The zero-order chi connectivity index (χ0) is 16.7. The van der Waals surface area contributed by atoms with Gasteiger partial charge in [0.05, 0.1) is 4.88 Å². The summed E-state index contributed by atoms with van der Waals surface area (Å²) in [6.45, 7) is 6.37. The van der Waals surface area contributed by atoms with Gasteiger partial charge in [-0.1, -0.05) is 37.7 Å². The molecule has 2 aromatic heterocycles. The van der Waals surface area contributed by atoms with E-state index in [4.69, 9.17) is 12.2 Å². The number of aryl methyl sites for hydroxylation is 1. The summed E-state index contributed by atoms with van der Waals surface area (Å²) in [4.78, 5) is 14.1. The Labute approximate surface area is 146 Å². The number of thiocarbonyl (C=S) groups is 1. The first kappa shape index (κ1) is 17.5. The second-order valence-corrected chi connectivity index (χ2v) is 6.57. The van der Waals surface area contributed by atoms with Crippen molar-refractivity contribution in [3.8, 4) is 0 Å². The first-order valence-electron chi connectivity index (χ1n) is 7.63. The van der Waals surface area contributed by atoms with E-state index >= 15 is 0 Å². The summed E-state index contributed by atoms with van der Waals surface area (Å²) in [7, 11) is 0. The molecule has 23 heavy (non-hydrogen) atoms. The van der Waals surface area contributed by atoms with Gasteiger partial charge in [-0.25, -0.2) is 0 Å². The topological polar surface area (TPSA) is 33.0 Å². The maximum atomic E-state index is 12.9. The van der Waals surface area contributed by atoms with E-state index in [-0.39, 0.29) is 5.78 Å². The largest absolute Gasteiger partial charge is 0.370 e. The number of aromatic nitrogens is 1. The molecular formula is C18H21N2OS2+. The number of carbonyl (C=O) groups is 1. The van der Waals surface area contributed by atoms with E-state index in [0.717, 1.165) is 12.8 Å². The third-order valence-electron chi connectivity index (χ3n) is 3.44. The van der Waals surface area contributed by atoms with Crippen LogP contribution in [0.1, 0.15) is 34.6 Å². The minimum Gasteiger partial charge on any atom is -0.370 e. The lowest BCUT2D eigenvalue weighted by Gasteiger charge is -2.13. The highest BCUT2D eigenvalue weighted by atomic mass is 32.1. The van der Waals surface area contributed by atoms with Crippen LogP contribution in [0, 0.1) is 0 Å². The van der Waals surface area contributed by atoms with Gasteiger partial charge in [-0.2, -0.15) is 4.57 Å². The first-order chi connectivity index (χ1) is 11.2. The summed E-state index contributed by atoms with van der Waals surface area (Å²) >= 11 is 6.90. The van der Waals surface area contributed by atoms with E-state index in [0.29, 0.717) is 16.4 Å². The van der Waals surface area contributed by atoms with Crippen molar-refractivity contribution in [1.29, 1.82) is 0 Å². The number of ketones is 1. The van der Waals surface area contributed by atoms with Crippen molar-refractivity contribution in [2.75, 3.05) is 6.54 Å². The maximum absolute atomic E-state index is 12.9. The van der Waals surface area contributed by atoms with Crippen molar-refractivity contribution in [3.05, 3.63) is 65.1 Å². The van der Waals surface area contributed by atoms with Crippen LogP contribution in [0.2, 0.25) is 0 Å². The molecule has 0 aliphatic carbocycles. The number of pyridine rings is 1. The monoisotopic (exact) mass is 345 g/mol. The van der Waals surface area contributed by atoms with E-state index < -0.39 is 6.04 Å². The van der Waals surface area contributed by atoms with Crippen LogP contribution in [0.4, 0.5) is 0 Å². The van der Waals surface area contributed by atoms with Crippen molar-refractivity contribution >= 4 is 34.3 Å². The molecule has 1 N–H and O–H groups in total. The molecule has 0 aliphatic rings. The SMILES string of the molecule is C=CCNC(=S)[C@@H](C(=O)c1cccs1)[n+]1ccc(CCC)cc1. The number of rotatable bonds is 8. The Morgan fingerprint density at radius 2 is 2.17 bits per heavy atom. The molecule has 1 atom stereocenters. The Kier molecular flexibility index (Phi) is 6.62. The molecule has 2 rings (SSSR count). The number of nitrogens with zero attached hydrogens (tertiary/aromatic N) is 1. The van der Waals surface area contributed by atoms with Crippen LogP contribution in [0.3, 0.4) is 0 Å². The Hall–Kier alpha value is -1.85. The Balaban J connectivity index is 2.30. The number of hydrogen-bond acceptors (Lipinski definition) is 3. The van der Waals surface area contributed by atoms with Gasteiger partial charge < -0.3 is 5.32 Å². The van der Waals surface area contributed by atoms with Gasteiger partial charge in [0.25, 0.3) is 6.04 Å². The number of thiophene rings is 1.